The standard InChI is InChI=1S/C24H26ClN3O/c1-3-12-27(13-4-2)20-8-5-17(6-9-20)15-18-11-14-28-23(18)26-22-16-19(25)7-10-21(22)24(28)29/h5-10,15-16H,3-4,11-14H2,1-2H3/b18-15+. The molecule has 0 aliphatic carbocycles. The monoisotopic (exact) mass is 407 g/mol. The van der Waals surface area contributed by atoms with E-state index in [1.165, 1.54) is 5.69 Å². The van der Waals surface area contributed by atoms with Crippen LogP contribution in [0, 0.1) is 0 Å². The lowest BCUT2D eigenvalue weighted by Gasteiger charge is -2.23. The van der Waals surface area contributed by atoms with Crippen molar-refractivity contribution in [2.45, 2.75) is 39.7 Å². The summed E-state index contributed by atoms with van der Waals surface area (Å²) in [5.41, 5.74) is 4.15. The van der Waals surface area contributed by atoms with Crippen molar-refractivity contribution in [3.63, 3.8) is 0 Å². The highest BCUT2D eigenvalue weighted by Gasteiger charge is 2.21. The van der Waals surface area contributed by atoms with E-state index in [0.717, 1.165) is 49.3 Å². The van der Waals surface area contributed by atoms with E-state index in [4.69, 9.17) is 16.6 Å². The van der Waals surface area contributed by atoms with E-state index in [0.29, 0.717) is 22.5 Å². The summed E-state index contributed by atoms with van der Waals surface area (Å²) in [4.78, 5) is 20.0. The smallest absolute Gasteiger partial charge is 0.261 e. The second-order valence-corrected chi connectivity index (χ2v) is 7.99. The molecule has 0 fully saturated rings. The Balaban J connectivity index is 1.67. The van der Waals surface area contributed by atoms with Gasteiger partial charge in [0, 0.05) is 30.3 Å². The molecule has 2 heterocycles. The van der Waals surface area contributed by atoms with E-state index in [1.54, 1.807) is 22.8 Å². The van der Waals surface area contributed by atoms with Crippen molar-refractivity contribution in [3.8, 4) is 0 Å². The number of anilines is 1. The van der Waals surface area contributed by atoms with E-state index in [9.17, 15) is 4.79 Å². The number of benzene rings is 2. The van der Waals surface area contributed by atoms with Gasteiger partial charge in [-0.25, -0.2) is 4.98 Å². The maximum Gasteiger partial charge on any atom is 0.261 e. The SMILES string of the molecule is CCCN(CCC)c1ccc(/C=C2\CCn3c2nc2cc(Cl)ccc2c3=O)cc1. The van der Waals surface area contributed by atoms with Gasteiger partial charge in [-0.1, -0.05) is 37.6 Å². The first-order valence-electron chi connectivity index (χ1n) is 10.4. The van der Waals surface area contributed by atoms with Gasteiger partial charge in [0.1, 0.15) is 5.82 Å². The van der Waals surface area contributed by atoms with Gasteiger partial charge in [-0.3, -0.25) is 9.36 Å². The first-order valence-corrected chi connectivity index (χ1v) is 10.7. The molecule has 0 radical (unpaired) electrons. The molecule has 4 rings (SSSR count). The molecule has 1 aliphatic heterocycles. The highest BCUT2D eigenvalue weighted by Crippen LogP contribution is 2.28. The number of hydrogen-bond acceptors (Lipinski definition) is 3. The zero-order valence-corrected chi connectivity index (χ0v) is 17.7. The van der Waals surface area contributed by atoms with Crippen LogP contribution in [0.2, 0.25) is 5.02 Å². The van der Waals surface area contributed by atoms with Crippen LogP contribution in [-0.2, 0) is 6.54 Å². The Morgan fingerprint density at radius 1 is 1.10 bits per heavy atom. The maximum atomic E-state index is 12.8. The van der Waals surface area contributed by atoms with Gasteiger partial charge >= 0.3 is 0 Å². The highest BCUT2D eigenvalue weighted by molar-refractivity contribution is 6.31. The summed E-state index contributed by atoms with van der Waals surface area (Å²) in [6.45, 7) is 7.24. The van der Waals surface area contributed by atoms with Gasteiger partial charge in [-0.15, -0.1) is 0 Å². The van der Waals surface area contributed by atoms with Crippen molar-refractivity contribution in [1.82, 2.24) is 9.55 Å². The molecule has 0 N–H and O–H groups in total. The zero-order valence-electron chi connectivity index (χ0n) is 17.0. The van der Waals surface area contributed by atoms with Crippen LogP contribution in [0.25, 0.3) is 22.6 Å². The molecule has 2 aromatic carbocycles. The number of allylic oxidation sites excluding steroid dienone is 1. The molecule has 0 saturated carbocycles. The lowest BCUT2D eigenvalue weighted by atomic mass is 10.1. The fourth-order valence-electron chi connectivity index (χ4n) is 4.02. The first kappa shape index (κ1) is 19.7. The normalized spacial score (nSPS) is 14.5. The van der Waals surface area contributed by atoms with E-state index < -0.39 is 0 Å². The average Bonchev–Trinajstić information content (AvgIpc) is 3.11. The molecule has 1 aromatic heterocycles. The Bertz CT molecular complexity index is 1110. The zero-order chi connectivity index (χ0) is 20.4. The molecule has 4 nitrogen and oxygen atoms in total. The molecule has 5 heteroatoms. The first-order chi connectivity index (χ1) is 14.1. The van der Waals surface area contributed by atoms with Crippen LogP contribution < -0.4 is 10.5 Å². The van der Waals surface area contributed by atoms with Crippen molar-refractivity contribution in [2.24, 2.45) is 0 Å². The fourth-order valence-corrected chi connectivity index (χ4v) is 4.19. The van der Waals surface area contributed by atoms with Gasteiger partial charge in [0.15, 0.2) is 0 Å². The van der Waals surface area contributed by atoms with Crippen LogP contribution in [0.1, 0.15) is 44.5 Å². The Kier molecular flexibility index (Phi) is 5.72. The van der Waals surface area contributed by atoms with Crippen LogP contribution >= 0.6 is 11.6 Å². The molecule has 150 valence electrons. The lowest BCUT2D eigenvalue weighted by molar-refractivity contribution is 0.725. The molecular formula is C24H26ClN3O. The molecule has 0 amide bonds. The molecule has 0 atom stereocenters. The third-order valence-electron chi connectivity index (χ3n) is 5.40. The minimum Gasteiger partial charge on any atom is -0.372 e. The third-order valence-corrected chi connectivity index (χ3v) is 5.63. The number of rotatable bonds is 6. The van der Waals surface area contributed by atoms with E-state index in [1.807, 2.05) is 0 Å². The number of fused-ring (bicyclic) bond motifs is 2. The molecule has 0 bridgehead atoms. The van der Waals surface area contributed by atoms with Crippen molar-refractivity contribution in [1.29, 1.82) is 0 Å². The predicted octanol–water partition coefficient (Wildman–Crippen LogP) is 5.62. The summed E-state index contributed by atoms with van der Waals surface area (Å²) in [6, 6.07) is 14.0. The number of halogens is 1. The molecule has 29 heavy (non-hydrogen) atoms. The van der Waals surface area contributed by atoms with E-state index >= 15 is 0 Å². The van der Waals surface area contributed by atoms with E-state index in [2.05, 4.69) is 49.1 Å². The van der Waals surface area contributed by atoms with Gasteiger partial charge in [-0.05, 0) is 66.8 Å². The van der Waals surface area contributed by atoms with Crippen molar-refractivity contribution in [2.75, 3.05) is 18.0 Å². The molecular weight excluding hydrogens is 382 g/mol. The molecule has 0 spiro atoms. The highest BCUT2D eigenvalue weighted by atomic mass is 35.5. The Morgan fingerprint density at radius 3 is 2.52 bits per heavy atom. The predicted molar refractivity (Wildman–Crippen MR) is 123 cm³/mol. The van der Waals surface area contributed by atoms with Crippen LogP contribution in [0.4, 0.5) is 5.69 Å². The second-order valence-electron chi connectivity index (χ2n) is 7.55. The van der Waals surface area contributed by atoms with Gasteiger partial charge < -0.3 is 4.90 Å². The number of hydrogen-bond donors (Lipinski definition) is 0. The lowest BCUT2D eigenvalue weighted by Crippen LogP contribution is -2.24. The number of aromatic nitrogens is 2. The molecule has 3 aromatic rings. The number of nitrogens with zero attached hydrogens (tertiary/aromatic N) is 3. The minimum absolute atomic E-state index is 0.00943. The Hall–Kier alpha value is -2.59. The third kappa shape index (κ3) is 3.95. The Labute approximate surface area is 176 Å². The summed E-state index contributed by atoms with van der Waals surface area (Å²) >= 11 is 6.11. The van der Waals surface area contributed by atoms with Crippen molar-refractivity contribution >= 4 is 39.8 Å². The van der Waals surface area contributed by atoms with Crippen molar-refractivity contribution in [3.05, 3.63) is 69.2 Å². The van der Waals surface area contributed by atoms with Gasteiger partial charge in [0.2, 0.25) is 0 Å². The summed E-state index contributed by atoms with van der Waals surface area (Å²) in [6.07, 6.45) is 5.24. The largest absolute Gasteiger partial charge is 0.372 e. The summed E-state index contributed by atoms with van der Waals surface area (Å²) in [5.74, 6) is 0.757. The molecule has 0 saturated heterocycles. The minimum atomic E-state index is 0.00943. The van der Waals surface area contributed by atoms with Gasteiger partial charge in [0.05, 0.1) is 10.9 Å². The maximum absolute atomic E-state index is 12.8. The van der Waals surface area contributed by atoms with Gasteiger partial charge in [0.25, 0.3) is 5.56 Å². The van der Waals surface area contributed by atoms with E-state index in [-0.39, 0.29) is 5.56 Å². The average molecular weight is 408 g/mol. The topological polar surface area (TPSA) is 38.1 Å². The Morgan fingerprint density at radius 2 is 1.83 bits per heavy atom. The fraction of sp³-hybridized carbons (Fsp3) is 0.333. The molecule has 0 unspecified atom stereocenters. The summed E-state index contributed by atoms with van der Waals surface area (Å²) in [7, 11) is 0. The summed E-state index contributed by atoms with van der Waals surface area (Å²) < 4.78 is 1.78. The van der Waals surface area contributed by atoms with Crippen LogP contribution in [-0.4, -0.2) is 22.6 Å². The second kappa shape index (κ2) is 8.42. The molecule has 1 aliphatic rings. The van der Waals surface area contributed by atoms with Crippen molar-refractivity contribution < 1.29 is 0 Å². The summed E-state index contributed by atoms with van der Waals surface area (Å²) in [5, 5.41) is 1.22. The van der Waals surface area contributed by atoms with Crippen LogP contribution in [0.15, 0.2) is 47.3 Å². The quantitative estimate of drug-likeness (QED) is 0.532. The van der Waals surface area contributed by atoms with Crippen LogP contribution in [0.5, 0.6) is 0 Å². The van der Waals surface area contributed by atoms with Gasteiger partial charge in [-0.2, -0.15) is 0 Å². The van der Waals surface area contributed by atoms with Crippen LogP contribution in [0.3, 0.4) is 0 Å².